The van der Waals surface area contributed by atoms with Gasteiger partial charge < -0.3 is 15.4 Å². The molecule has 2 heterocycles. The Morgan fingerprint density at radius 3 is 2.89 bits per heavy atom. The van der Waals surface area contributed by atoms with E-state index in [9.17, 15) is 4.79 Å². The van der Waals surface area contributed by atoms with Gasteiger partial charge in [0.1, 0.15) is 6.61 Å². The predicted octanol–water partition coefficient (Wildman–Crippen LogP) is 0.393. The van der Waals surface area contributed by atoms with Gasteiger partial charge in [0.05, 0.1) is 12.3 Å². The molecule has 2 atom stereocenters. The van der Waals surface area contributed by atoms with Gasteiger partial charge in [-0.1, -0.05) is 0 Å². The summed E-state index contributed by atoms with van der Waals surface area (Å²) >= 11 is 0. The third-order valence-electron chi connectivity index (χ3n) is 3.96. The molecule has 0 bridgehead atoms. The van der Waals surface area contributed by atoms with Gasteiger partial charge in [-0.25, -0.2) is 0 Å². The molecule has 5 heteroatoms. The second kappa shape index (κ2) is 5.99. The number of likely N-dealkylation sites (tertiary alicyclic amines) is 1. The zero-order chi connectivity index (χ0) is 13.1. The zero-order valence-corrected chi connectivity index (χ0v) is 11.5. The third kappa shape index (κ3) is 2.84. The molecule has 0 aromatic heterocycles. The summed E-state index contributed by atoms with van der Waals surface area (Å²) in [4.78, 5) is 16.5. The summed E-state index contributed by atoms with van der Waals surface area (Å²) in [5.41, 5.74) is 5.66. The number of rotatable bonds is 3. The number of nitrogens with zero attached hydrogens (tertiary/aromatic N) is 2. The lowest BCUT2D eigenvalue weighted by molar-refractivity contribution is -0.160. The SMILES string of the molecule is CC(C)N1CCCCC1N1CC(CN)OCC1=O. The first-order valence-electron chi connectivity index (χ1n) is 7.00. The standard InChI is InChI=1S/C13H25N3O2/c1-10(2)15-6-4-3-5-12(15)16-8-11(7-14)18-9-13(16)17/h10-12H,3-9,14H2,1-2H3. The Kier molecular flexibility index (Phi) is 4.59. The van der Waals surface area contributed by atoms with Crippen LogP contribution in [-0.4, -0.2) is 60.3 Å². The molecule has 2 fully saturated rings. The summed E-state index contributed by atoms with van der Waals surface area (Å²) < 4.78 is 5.42. The van der Waals surface area contributed by atoms with E-state index in [0.29, 0.717) is 19.1 Å². The van der Waals surface area contributed by atoms with Crippen molar-refractivity contribution in [2.24, 2.45) is 5.73 Å². The topological polar surface area (TPSA) is 58.8 Å². The van der Waals surface area contributed by atoms with Crippen molar-refractivity contribution in [3.63, 3.8) is 0 Å². The van der Waals surface area contributed by atoms with Crippen molar-refractivity contribution in [2.45, 2.75) is 51.4 Å². The number of morpholine rings is 1. The van der Waals surface area contributed by atoms with Gasteiger partial charge in [-0.3, -0.25) is 9.69 Å². The number of piperidine rings is 1. The number of amides is 1. The lowest BCUT2D eigenvalue weighted by Gasteiger charge is -2.47. The Morgan fingerprint density at radius 2 is 2.22 bits per heavy atom. The predicted molar refractivity (Wildman–Crippen MR) is 70.0 cm³/mol. The highest BCUT2D eigenvalue weighted by Crippen LogP contribution is 2.24. The lowest BCUT2D eigenvalue weighted by Crippen LogP contribution is -2.60. The number of carbonyl (C=O) groups excluding carboxylic acids is 1. The van der Waals surface area contributed by atoms with Crippen molar-refractivity contribution in [1.29, 1.82) is 0 Å². The Balaban J connectivity index is 2.08. The molecule has 1 amide bonds. The van der Waals surface area contributed by atoms with E-state index in [4.69, 9.17) is 10.5 Å². The van der Waals surface area contributed by atoms with Gasteiger partial charge in [0.15, 0.2) is 0 Å². The van der Waals surface area contributed by atoms with Crippen LogP contribution in [0.15, 0.2) is 0 Å². The molecule has 0 radical (unpaired) electrons. The van der Waals surface area contributed by atoms with Crippen molar-refractivity contribution in [3.8, 4) is 0 Å². The molecular weight excluding hydrogens is 230 g/mol. The molecule has 0 aliphatic carbocycles. The summed E-state index contributed by atoms with van der Waals surface area (Å²) in [6.07, 6.45) is 3.74. The van der Waals surface area contributed by atoms with Crippen LogP contribution in [-0.2, 0) is 9.53 Å². The number of ether oxygens (including phenoxy) is 1. The average molecular weight is 255 g/mol. The average Bonchev–Trinajstić information content (AvgIpc) is 2.39. The molecule has 2 unspecified atom stereocenters. The molecule has 0 aromatic rings. The molecule has 0 saturated carbocycles. The quantitative estimate of drug-likeness (QED) is 0.793. The van der Waals surface area contributed by atoms with E-state index in [1.165, 1.54) is 12.8 Å². The van der Waals surface area contributed by atoms with Crippen molar-refractivity contribution in [3.05, 3.63) is 0 Å². The first-order valence-corrected chi connectivity index (χ1v) is 7.00. The molecular formula is C13H25N3O2. The fourth-order valence-corrected chi connectivity index (χ4v) is 2.95. The fraction of sp³-hybridized carbons (Fsp3) is 0.923. The van der Waals surface area contributed by atoms with Crippen molar-refractivity contribution in [2.75, 3.05) is 26.2 Å². The van der Waals surface area contributed by atoms with E-state index in [1.54, 1.807) is 0 Å². The Bertz CT molecular complexity index is 296. The Labute approximate surface area is 109 Å². The highest BCUT2D eigenvalue weighted by atomic mass is 16.5. The number of hydrogen-bond donors (Lipinski definition) is 1. The van der Waals surface area contributed by atoms with Crippen LogP contribution in [0, 0.1) is 0 Å². The molecule has 5 nitrogen and oxygen atoms in total. The molecule has 18 heavy (non-hydrogen) atoms. The van der Waals surface area contributed by atoms with E-state index in [0.717, 1.165) is 13.0 Å². The highest BCUT2D eigenvalue weighted by Gasteiger charge is 2.36. The number of nitrogens with two attached hydrogens (primary N) is 1. The van der Waals surface area contributed by atoms with Gasteiger partial charge in [-0.2, -0.15) is 0 Å². The van der Waals surface area contributed by atoms with E-state index >= 15 is 0 Å². The van der Waals surface area contributed by atoms with Crippen LogP contribution in [0.3, 0.4) is 0 Å². The van der Waals surface area contributed by atoms with Gasteiger partial charge in [0.25, 0.3) is 0 Å². The van der Waals surface area contributed by atoms with Crippen LogP contribution in [0.4, 0.5) is 0 Å². The monoisotopic (exact) mass is 255 g/mol. The molecule has 0 aromatic carbocycles. The molecule has 2 aliphatic heterocycles. The van der Waals surface area contributed by atoms with E-state index in [1.807, 2.05) is 4.90 Å². The summed E-state index contributed by atoms with van der Waals surface area (Å²) in [6, 6.07) is 0.474. The van der Waals surface area contributed by atoms with Crippen molar-refractivity contribution < 1.29 is 9.53 Å². The van der Waals surface area contributed by atoms with Crippen molar-refractivity contribution >= 4 is 5.91 Å². The maximum Gasteiger partial charge on any atom is 0.249 e. The smallest absolute Gasteiger partial charge is 0.249 e. The zero-order valence-electron chi connectivity index (χ0n) is 11.5. The summed E-state index contributed by atoms with van der Waals surface area (Å²) in [5, 5.41) is 0. The fourth-order valence-electron chi connectivity index (χ4n) is 2.95. The van der Waals surface area contributed by atoms with Crippen LogP contribution in [0.2, 0.25) is 0 Å². The minimum atomic E-state index is -0.00126. The first kappa shape index (κ1) is 13.8. The van der Waals surface area contributed by atoms with Gasteiger partial charge in [0.2, 0.25) is 5.91 Å². The maximum atomic E-state index is 12.1. The van der Waals surface area contributed by atoms with Crippen LogP contribution in [0.25, 0.3) is 0 Å². The van der Waals surface area contributed by atoms with Crippen LogP contribution < -0.4 is 5.73 Å². The first-order chi connectivity index (χ1) is 8.63. The summed E-state index contributed by atoms with van der Waals surface area (Å²) in [5.74, 6) is 0.109. The van der Waals surface area contributed by atoms with Gasteiger partial charge in [0, 0.05) is 25.7 Å². The van der Waals surface area contributed by atoms with Gasteiger partial charge >= 0.3 is 0 Å². The maximum absolute atomic E-state index is 12.1. The molecule has 2 aliphatic rings. The minimum Gasteiger partial charge on any atom is -0.365 e. The number of hydrogen-bond acceptors (Lipinski definition) is 4. The van der Waals surface area contributed by atoms with Crippen LogP contribution in [0.5, 0.6) is 0 Å². The van der Waals surface area contributed by atoms with Gasteiger partial charge in [-0.05, 0) is 33.1 Å². The molecule has 104 valence electrons. The lowest BCUT2D eigenvalue weighted by atomic mass is 10.0. The minimum absolute atomic E-state index is 0.00126. The molecule has 2 rings (SSSR count). The molecule has 0 spiro atoms. The normalized spacial score (nSPS) is 31.1. The van der Waals surface area contributed by atoms with Crippen LogP contribution in [0.1, 0.15) is 33.1 Å². The summed E-state index contributed by atoms with van der Waals surface area (Å²) in [6.45, 7) is 6.79. The third-order valence-corrected chi connectivity index (χ3v) is 3.96. The summed E-state index contributed by atoms with van der Waals surface area (Å²) in [7, 11) is 0. The largest absolute Gasteiger partial charge is 0.365 e. The molecule has 2 saturated heterocycles. The Morgan fingerprint density at radius 1 is 1.44 bits per heavy atom. The van der Waals surface area contributed by atoms with E-state index in [2.05, 4.69) is 18.7 Å². The highest BCUT2D eigenvalue weighted by molar-refractivity contribution is 5.78. The second-order valence-corrected chi connectivity index (χ2v) is 5.52. The van der Waals surface area contributed by atoms with Gasteiger partial charge in [-0.15, -0.1) is 0 Å². The van der Waals surface area contributed by atoms with Crippen molar-refractivity contribution in [1.82, 2.24) is 9.80 Å². The molecule has 2 N–H and O–H groups in total. The Hall–Kier alpha value is -0.650. The van der Waals surface area contributed by atoms with E-state index < -0.39 is 0 Å². The second-order valence-electron chi connectivity index (χ2n) is 5.52. The van der Waals surface area contributed by atoms with E-state index in [-0.39, 0.29) is 24.8 Å². The van der Waals surface area contributed by atoms with Crippen LogP contribution >= 0.6 is 0 Å². The number of carbonyl (C=O) groups is 1.